The third-order valence-electron chi connectivity index (χ3n) is 1.95. The Hall–Kier alpha value is -0.650. The van der Waals surface area contributed by atoms with Gasteiger partial charge in [-0.15, -0.1) is 0 Å². The van der Waals surface area contributed by atoms with Gasteiger partial charge in [0.05, 0.1) is 19.8 Å². The van der Waals surface area contributed by atoms with Crippen LogP contribution in [0.3, 0.4) is 0 Å². The van der Waals surface area contributed by atoms with Gasteiger partial charge in [-0.1, -0.05) is 0 Å². The Kier molecular flexibility index (Phi) is 4.14. The molecule has 0 spiro atoms. The first-order valence-corrected chi connectivity index (χ1v) is 4.38. The number of aliphatic hydroxyl groups is 1. The van der Waals surface area contributed by atoms with Crippen LogP contribution in [0.1, 0.15) is 12.8 Å². The summed E-state index contributed by atoms with van der Waals surface area (Å²) in [5.41, 5.74) is 5.28. The molecule has 0 saturated carbocycles. The van der Waals surface area contributed by atoms with E-state index in [1.54, 1.807) is 0 Å². The number of carbonyl (C=O) groups excluding carboxylic acids is 1. The van der Waals surface area contributed by atoms with Crippen LogP contribution in [0.5, 0.6) is 0 Å². The lowest BCUT2D eigenvalue weighted by Crippen LogP contribution is -2.39. The Morgan fingerprint density at radius 3 is 2.77 bits per heavy atom. The molecule has 0 aliphatic carbocycles. The van der Waals surface area contributed by atoms with E-state index in [1.165, 1.54) is 0 Å². The van der Waals surface area contributed by atoms with E-state index in [2.05, 4.69) is 0 Å². The number of esters is 1. The highest BCUT2D eigenvalue weighted by molar-refractivity contribution is 5.75. The molecule has 5 heteroatoms. The normalized spacial score (nSPS) is 21.1. The van der Waals surface area contributed by atoms with Crippen LogP contribution in [-0.2, 0) is 14.3 Å². The van der Waals surface area contributed by atoms with Gasteiger partial charge >= 0.3 is 5.97 Å². The topological polar surface area (TPSA) is 81.8 Å². The van der Waals surface area contributed by atoms with Crippen molar-refractivity contribution in [1.82, 2.24) is 0 Å². The minimum absolute atomic E-state index is 0.0983. The SMILES string of the molecule is N[C@H](CO)C(=O)OC1CCOCC1. The summed E-state index contributed by atoms with van der Waals surface area (Å²) < 4.78 is 10.1. The molecule has 0 radical (unpaired) electrons. The largest absolute Gasteiger partial charge is 0.461 e. The zero-order chi connectivity index (χ0) is 9.68. The van der Waals surface area contributed by atoms with E-state index in [0.717, 1.165) is 0 Å². The van der Waals surface area contributed by atoms with Crippen LogP contribution >= 0.6 is 0 Å². The van der Waals surface area contributed by atoms with Crippen LogP contribution in [0.2, 0.25) is 0 Å². The van der Waals surface area contributed by atoms with Crippen molar-refractivity contribution in [2.75, 3.05) is 19.8 Å². The van der Waals surface area contributed by atoms with Crippen LogP contribution in [-0.4, -0.2) is 43.0 Å². The smallest absolute Gasteiger partial charge is 0.325 e. The molecule has 0 aromatic heterocycles. The maximum absolute atomic E-state index is 11.1. The highest BCUT2D eigenvalue weighted by atomic mass is 16.6. The van der Waals surface area contributed by atoms with Crippen molar-refractivity contribution in [3.05, 3.63) is 0 Å². The number of aliphatic hydroxyl groups excluding tert-OH is 1. The fourth-order valence-corrected chi connectivity index (χ4v) is 1.12. The molecule has 1 heterocycles. The molecule has 1 saturated heterocycles. The number of ether oxygens (including phenoxy) is 2. The average Bonchev–Trinajstić information content (AvgIpc) is 2.18. The summed E-state index contributed by atoms with van der Waals surface area (Å²) in [4.78, 5) is 11.1. The lowest BCUT2D eigenvalue weighted by Gasteiger charge is -2.23. The summed E-state index contributed by atoms with van der Waals surface area (Å²) in [5.74, 6) is -0.533. The van der Waals surface area contributed by atoms with Crippen LogP contribution in [0, 0.1) is 0 Å². The number of hydrogen-bond acceptors (Lipinski definition) is 5. The standard InChI is InChI=1S/C8H15NO4/c9-7(5-10)8(11)13-6-1-3-12-4-2-6/h6-7,10H,1-5,9H2/t7-/m1/s1. The summed E-state index contributed by atoms with van der Waals surface area (Å²) in [5, 5.41) is 8.58. The van der Waals surface area contributed by atoms with Gasteiger partial charge in [0.15, 0.2) is 0 Å². The summed E-state index contributed by atoms with van der Waals surface area (Å²) in [6, 6.07) is -0.914. The van der Waals surface area contributed by atoms with Gasteiger partial charge in [-0.25, -0.2) is 0 Å². The maximum atomic E-state index is 11.1. The highest BCUT2D eigenvalue weighted by Crippen LogP contribution is 2.10. The summed E-state index contributed by atoms with van der Waals surface area (Å²) >= 11 is 0. The van der Waals surface area contributed by atoms with Crippen molar-refractivity contribution in [1.29, 1.82) is 0 Å². The molecule has 1 rings (SSSR count). The first-order valence-electron chi connectivity index (χ1n) is 4.38. The monoisotopic (exact) mass is 189 g/mol. The zero-order valence-corrected chi connectivity index (χ0v) is 7.44. The van der Waals surface area contributed by atoms with Crippen molar-refractivity contribution in [3.63, 3.8) is 0 Å². The van der Waals surface area contributed by atoms with Gasteiger partial charge < -0.3 is 20.3 Å². The van der Waals surface area contributed by atoms with E-state index in [-0.39, 0.29) is 12.7 Å². The van der Waals surface area contributed by atoms with E-state index in [0.29, 0.717) is 26.1 Å². The molecular weight excluding hydrogens is 174 g/mol. The van der Waals surface area contributed by atoms with Crippen molar-refractivity contribution in [2.45, 2.75) is 25.0 Å². The van der Waals surface area contributed by atoms with Crippen LogP contribution in [0.4, 0.5) is 0 Å². The molecule has 1 fully saturated rings. The van der Waals surface area contributed by atoms with E-state index in [4.69, 9.17) is 20.3 Å². The number of carbonyl (C=O) groups is 1. The number of nitrogens with two attached hydrogens (primary N) is 1. The number of hydrogen-bond donors (Lipinski definition) is 2. The molecule has 1 aliphatic rings. The summed E-state index contributed by atoms with van der Waals surface area (Å²) in [6.07, 6.45) is 1.33. The molecule has 76 valence electrons. The molecular formula is C8H15NO4. The van der Waals surface area contributed by atoms with Gasteiger partial charge in [0.25, 0.3) is 0 Å². The molecule has 5 nitrogen and oxygen atoms in total. The van der Waals surface area contributed by atoms with Gasteiger partial charge in [-0.2, -0.15) is 0 Å². The van der Waals surface area contributed by atoms with Crippen molar-refractivity contribution in [3.8, 4) is 0 Å². The second-order valence-corrected chi connectivity index (χ2v) is 3.04. The van der Waals surface area contributed by atoms with Crippen LogP contribution in [0.25, 0.3) is 0 Å². The molecule has 13 heavy (non-hydrogen) atoms. The Balaban J connectivity index is 2.26. The van der Waals surface area contributed by atoms with E-state index >= 15 is 0 Å². The molecule has 3 N–H and O–H groups in total. The second kappa shape index (κ2) is 5.16. The third-order valence-corrected chi connectivity index (χ3v) is 1.95. The van der Waals surface area contributed by atoms with Gasteiger partial charge in [0, 0.05) is 12.8 Å². The maximum Gasteiger partial charge on any atom is 0.325 e. The third kappa shape index (κ3) is 3.30. The fraction of sp³-hybridized carbons (Fsp3) is 0.875. The van der Waals surface area contributed by atoms with Crippen molar-refractivity contribution >= 4 is 5.97 Å². The predicted molar refractivity (Wildman–Crippen MR) is 45.0 cm³/mol. The van der Waals surface area contributed by atoms with Crippen LogP contribution in [0.15, 0.2) is 0 Å². The Morgan fingerprint density at radius 1 is 1.62 bits per heavy atom. The lowest BCUT2D eigenvalue weighted by molar-refractivity contribution is -0.155. The average molecular weight is 189 g/mol. The minimum atomic E-state index is -0.914. The molecule has 1 aliphatic heterocycles. The number of rotatable bonds is 3. The predicted octanol–water partition coefficient (Wildman–Crippen LogP) is -0.972. The van der Waals surface area contributed by atoms with Gasteiger partial charge in [0.1, 0.15) is 12.1 Å². The molecule has 1 atom stereocenters. The Bertz CT molecular complexity index is 168. The second-order valence-electron chi connectivity index (χ2n) is 3.04. The molecule has 0 bridgehead atoms. The van der Waals surface area contributed by atoms with Crippen LogP contribution < -0.4 is 5.73 Å². The molecule has 0 amide bonds. The van der Waals surface area contributed by atoms with Crippen molar-refractivity contribution in [2.24, 2.45) is 5.73 Å². The fourth-order valence-electron chi connectivity index (χ4n) is 1.12. The lowest BCUT2D eigenvalue weighted by atomic mass is 10.1. The molecule has 0 aromatic carbocycles. The van der Waals surface area contributed by atoms with E-state index in [9.17, 15) is 4.79 Å². The Labute approximate surface area is 76.8 Å². The molecule has 0 unspecified atom stereocenters. The van der Waals surface area contributed by atoms with Gasteiger partial charge in [-0.3, -0.25) is 4.79 Å². The zero-order valence-electron chi connectivity index (χ0n) is 7.44. The summed E-state index contributed by atoms with van der Waals surface area (Å²) in [6.45, 7) is 0.862. The molecule has 0 aromatic rings. The van der Waals surface area contributed by atoms with E-state index < -0.39 is 12.0 Å². The highest BCUT2D eigenvalue weighted by Gasteiger charge is 2.21. The first-order chi connectivity index (χ1) is 6.24. The van der Waals surface area contributed by atoms with Gasteiger partial charge in [-0.05, 0) is 0 Å². The van der Waals surface area contributed by atoms with E-state index in [1.807, 2.05) is 0 Å². The first kappa shape index (κ1) is 10.4. The quantitative estimate of drug-likeness (QED) is 0.558. The Morgan fingerprint density at radius 2 is 2.23 bits per heavy atom. The summed E-state index contributed by atoms with van der Waals surface area (Å²) in [7, 11) is 0. The minimum Gasteiger partial charge on any atom is -0.461 e. The van der Waals surface area contributed by atoms with Gasteiger partial charge in [0.2, 0.25) is 0 Å². The van der Waals surface area contributed by atoms with Crippen molar-refractivity contribution < 1.29 is 19.4 Å².